The fraction of sp³-hybridized carbons (Fsp3) is 0.350. The molecule has 3 rings (SSSR count). The predicted molar refractivity (Wildman–Crippen MR) is 103 cm³/mol. The number of amides is 1. The van der Waals surface area contributed by atoms with Gasteiger partial charge in [-0.25, -0.2) is 14.6 Å². The summed E-state index contributed by atoms with van der Waals surface area (Å²) in [5.74, 6) is -2.08. The van der Waals surface area contributed by atoms with Crippen molar-refractivity contribution < 1.29 is 39.6 Å². The van der Waals surface area contributed by atoms with E-state index in [1.54, 1.807) is 13.0 Å². The molecule has 1 amide bonds. The number of aryl methyl sites for hydroxylation is 1. The van der Waals surface area contributed by atoms with Crippen LogP contribution in [0.5, 0.6) is 0 Å². The second kappa shape index (κ2) is 8.86. The van der Waals surface area contributed by atoms with Gasteiger partial charge < -0.3 is 25.2 Å². The van der Waals surface area contributed by atoms with Gasteiger partial charge in [0.15, 0.2) is 11.9 Å². The number of benzene rings is 1. The average molecular weight is 418 g/mol. The Morgan fingerprint density at radius 2 is 1.73 bits per heavy atom. The topological polar surface area (TPSA) is 150 Å². The molecule has 1 fully saturated rings. The lowest BCUT2D eigenvalue weighted by atomic mass is 9.99. The molecule has 30 heavy (non-hydrogen) atoms. The average Bonchev–Trinajstić information content (AvgIpc) is 2.72. The van der Waals surface area contributed by atoms with Crippen molar-refractivity contribution in [2.45, 2.75) is 44.6 Å². The van der Waals surface area contributed by atoms with Gasteiger partial charge in [0, 0.05) is 18.7 Å². The van der Waals surface area contributed by atoms with Crippen LogP contribution in [-0.2, 0) is 19.2 Å². The fourth-order valence-corrected chi connectivity index (χ4v) is 3.08. The molecule has 0 aliphatic carbocycles. The lowest BCUT2D eigenvalue weighted by molar-refractivity contribution is -0.295. The molecular weight excluding hydrogens is 396 g/mol. The molecule has 0 radical (unpaired) electrons. The molecule has 5 atom stereocenters. The molecule has 4 N–H and O–H groups in total. The number of hydroxylamine groups is 1. The largest absolute Gasteiger partial charge is 0.479 e. The molecule has 1 aromatic carbocycles. The SMILES string of the molecule is CC(=O)N(OC1O[C@H](C(=O)O)[C@@H](O)[C@H](O)[C@H]1O)c1ncc(-c2ccccc2)cc1C. The zero-order valence-corrected chi connectivity index (χ0v) is 16.2. The van der Waals surface area contributed by atoms with Crippen molar-refractivity contribution >= 4 is 17.7 Å². The minimum absolute atomic E-state index is 0.102. The number of aromatic nitrogens is 1. The van der Waals surface area contributed by atoms with Crippen molar-refractivity contribution in [1.82, 2.24) is 4.98 Å². The van der Waals surface area contributed by atoms with Gasteiger partial charge in [-0.1, -0.05) is 30.3 Å². The highest BCUT2D eigenvalue weighted by Crippen LogP contribution is 2.28. The van der Waals surface area contributed by atoms with Crippen molar-refractivity contribution in [3.8, 4) is 11.1 Å². The van der Waals surface area contributed by atoms with Gasteiger partial charge in [-0.2, -0.15) is 5.06 Å². The number of carboxylic acid groups (broad SMARTS) is 1. The van der Waals surface area contributed by atoms with E-state index >= 15 is 0 Å². The first kappa shape index (κ1) is 21.8. The Hall–Kier alpha value is -2.89. The Morgan fingerprint density at radius 1 is 1.07 bits per heavy atom. The first-order valence-corrected chi connectivity index (χ1v) is 9.12. The number of hydrogen-bond acceptors (Lipinski definition) is 8. The number of nitrogens with zero attached hydrogens (tertiary/aromatic N) is 2. The number of carbonyl (C=O) groups is 2. The second-order valence-electron chi connectivity index (χ2n) is 6.88. The molecule has 10 heteroatoms. The van der Waals surface area contributed by atoms with Gasteiger partial charge in [0.25, 0.3) is 0 Å². The van der Waals surface area contributed by atoms with Crippen molar-refractivity contribution in [3.63, 3.8) is 0 Å². The van der Waals surface area contributed by atoms with E-state index in [2.05, 4.69) is 4.98 Å². The maximum absolute atomic E-state index is 12.2. The number of anilines is 1. The molecule has 0 saturated carbocycles. The number of carboxylic acids is 1. The molecular formula is C20H22N2O8. The van der Waals surface area contributed by atoms with Crippen LogP contribution < -0.4 is 5.06 Å². The van der Waals surface area contributed by atoms with E-state index in [0.29, 0.717) is 5.56 Å². The summed E-state index contributed by atoms with van der Waals surface area (Å²) in [4.78, 5) is 33.1. The third-order valence-corrected chi connectivity index (χ3v) is 4.66. The van der Waals surface area contributed by atoms with E-state index in [0.717, 1.165) is 16.2 Å². The van der Waals surface area contributed by atoms with Crippen molar-refractivity contribution in [3.05, 3.63) is 48.2 Å². The van der Waals surface area contributed by atoms with Gasteiger partial charge >= 0.3 is 5.97 Å². The standard InChI is InChI=1S/C20H22N2O8/c1-10-8-13(12-6-4-3-5-7-12)9-21-18(10)22(11(2)23)30-20-16(26)14(24)15(25)17(29-20)19(27)28/h3-9,14-17,20,24-26H,1-2H3,(H,27,28)/t14-,15-,16+,17-,20?/m0/s1. The Labute approximate surface area is 171 Å². The normalized spacial score (nSPS) is 26.2. The highest BCUT2D eigenvalue weighted by atomic mass is 16.8. The first-order chi connectivity index (χ1) is 14.2. The van der Waals surface area contributed by atoms with Crippen LogP contribution in [0.2, 0.25) is 0 Å². The van der Waals surface area contributed by atoms with Crippen LogP contribution in [0.25, 0.3) is 11.1 Å². The lowest BCUT2D eigenvalue weighted by Gasteiger charge is -2.39. The number of aliphatic hydroxyl groups is 3. The quantitative estimate of drug-likeness (QED) is 0.501. The van der Waals surface area contributed by atoms with Gasteiger partial charge in [0.2, 0.25) is 12.2 Å². The van der Waals surface area contributed by atoms with Gasteiger partial charge in [-0.15, -0.1) is 0 Å². The molecule has 10 nitrogen and oxygen atoms in total. The summed E-state index contributed by atoms with van der Waals surface area (Å²) in [5.41, 5.74) is 2.29. The number of rotatable bonds is 5. The third-order valence-electron chi connectivity index (χ3n) is 4.66. The van der Waals surface area contributed by atoms with E-state index in [-0.39, 0.29) is 5.82 Å². The van der Waals surface area contributed by atoms with Crippen LogP contribution in [0.1, 0.15) is 12.5 Å². The van der Waals surface area contributed by atoms with Crippen LogP contribution >= 0.6 is 0 Å². The number of hydrogen-bond donors (Lipinski definition) is 4. The van der Waals surface area contributed by atoms with Crippen LogP contribution in [-0.4, -0.2) is 68.0 Å². The summed E-state index contributed by atoms with van der Waals surface area (Å²) in [7, 11) is 0. The van der Waals surface area contributed by atoms with Crippen LogP contribution in [0, 0.1) is 6.92 Å². The minimum atomic E-state index is -1.87. The van der Waals surface area contributed by atoms with Crippen LogP contribution in [0.4, 0.5) is 5.82 Å². The minimum Gasteiger partial charge on any atom is -0.479 e. The number of aliphatic hydroxyl groups excluding tert-OH is 3. The van der Waals surface area contributed by atoms with Crippen molar-refractivity contribution in [2.75, 3.05) is 5.06 Å². The molecule has 1 saturated heterocycles. The monoisotopic (exact) mass is 418 g/mol. The summed E-state index contributed by atoms with van der Waals surface area (Å²) in [6.07, 6.45) is -7.57. The van der Waals surface area contributed by atoms with Gasteiger partial charge in [0.05, 0.1) is 0 Å². The Morgan fingerprint density at radius 3 is 2.30 bits per heavy atom. The highest BCUT2D eigenvalue weighted by molar-refractivity contribution is 5.89. The Bertz CT molecular complexity index is 922. The van der Waals surface area contributed by atoms with Crippen LogP contribution in [0.3, 0.4) is 0 Å². The summed E-state index contributed by atoms with van der Waals surface area (Å²) in [5, 5.41) is 39.7. The molecule has 1 aromatic heterocycles. The fourth-order valence-electron chi connectivity index (χ4n) is 3.08. The van der Waals surface area contributed by atoms with E-state index < -0.39 is 42.6 Å². The summed E-state index contributed by atoms with van der Waals surface area (Å²) < 4.78 is 5.07. The van der Waals surface area contributed by atoms with Crippen molar-refractivity contribution in [2.24, 2.45) is 0 Å². The van der Waals surface area contributed by atoms with E-state index in [1.165, 1.54) is 13.1 Å². The summed E-state index contributed by atoms with van der Waals surface area (Å²) >= 11 is 0. The summed E-state index contributed by atoms with van der Waals surface area (Å²) in [6.45, 7) is 2.88. The number of aliphatic carboxylic acids is 1. The third kappa shape index (κ3) is 4.32. The first-order valence-electron chi connectivity index (χ1n) is 9.12. The van der Waals surface area contributed by atoms with Gasteiger partial charge in [-0.05, 0) is 24.1 Å². The molecule has 0 spiro atoms. The number of ether oxygens (including phenoxy) is 1. The van der Waals surface area contributed by atoms with E-state index in [9.17, 15) is 24.9 Å². The number of pyridine rings is 1. The van der Waals surface area contributed by atoms with Gasteiger partial charge in [0.1, 0.15) is 18.3 Å². The molecule has 160 valence electrons. The smallest absolute Gasteiger partial charge is 0.335 e. The van der Waals surface area contributed by atoms with Crippen LogP contribution in [0.15, 0.2) is 42.6 Å². The highest BCUT2D eigenvalue weighted by Gasteiger charge is 2.48. The lowest BCUT2D eigenvalue weighted by Crippen LogP contribution is -2.61. The summed E-state index contributed by atoms with van der Waals surface area (Å²) in [6, 6.07) is 11.2. The molecule has 1 unspecified atom stereocenters. The van der Waals surface area contributed by atoms with Crippen molar-refractivity contribution in [1.29, 1.82) is 0 Å². The predicted octanol–water partition coefficient (Wildman–Crippen LogP) is 0.234. The van der Waals surface area contributed by atoms with E-state index in [1.807, 2.05) is 30.3 Å². The Balaban J connectivity index is 1.87. The molecule has 2 aromatic rings. The molecule has 2 heterocycles. The zero-order valence-electron chi connectivity index (χ0n) is 16.2. The molecule has 0 bridgehead atoms. The molecule has 1 aliphatic heterocycles. The van der Waals surface area contributed by atoms with E-state index in [4.69, 9.17) is 14.7 Å². The Kier molecular flexibility index (Phi) is 6.44. The number of carbonyl (C=O) groups excluding carboxylic acids is 1. The maximum atomic E-state index is 12.2. The zero-order chi connectivity index (χ0) is 22.0. The second-order valence-corrected chi connectivity index (χ2v) is 6.88. The van der Waals surface area contributed by atoms with Gasteiger partial charge in [-0.3, -0.25) is 4.79 Å². The maximum Gasteiger partial charge on any atom is 0.335 e. The molecule has 1 aliphatic rings.